The first kappa shape index (κ1) is 12.9. The van der Waals surface area contributed by atoms with Gasteiger partial charge in [-0.2, -0.15) is 0 Å². The van der Waals surface area contributed by atoms with Crippen LogP contribution in [0.25, 0.3) is 10.9 Å². The quantitative estimate of drug-likeness (QED) is 0.855. The van der Waals surface area contributed by atoms with Crippen LogP contribution < -0.4 is 16.0 Å². The van der Waals surface area contributed by atoms with Gasteiger partial charge >= 0.3 is 0 Å². The molecule has 1 saturated heterocycles. The zero-order chi connectivity index (χ0) is 14.1. The van der Waals surface area contributed by atoms with Gasteiger partial charge in [-0.05, 0) is 13.0 Å². The number of nitrogens with zero attached hydrogens (tertiary/aromatic N) is 2. The van der Waals surface area contributed by atoms with Gasteiger partial charge in [-0.15, -0.1) is 0 Å². The summed E-state index contributed by atoms with van der Waals surface area (Å²) in [6.07, 6.45) is 0. The number of amides is 1. The van der Waals surface area contributed by atoms with Crippen molar-refractivity contribution in [2.75, 3.05) is 31.1 Å². The van der Waals surface area contributed by atoms with Crippen molar-refractivity contribution in [1.82, 2.24) is 10.3 Å². The molecular weight excluding hydrogens is 252 g/mol. The van der Waals surface area contributed by atoms with Crippen molar-refractivity contribution in [2.24, 2.45) is 5.73 Å². The number of anilines is 1. The summed E-state index contributed by atoms with van der Waals surface area (Å²) in [5.41, 5.74) is 8.63. The highest BCUT2D eigenvalue weighted by Gasteiger charge is 2.20. The molecule has 2 aromatic rings. The third-order valence-corrected chi connectivity index (χ3v) is 3.77. The van der Waals surface area contributed by atoms with E-state index in [1.165, 1.54) is 0 Å². The van der Waals surface area contributed by atoms with Gasteiger partial charge in [0.1, 0.15) is 5.69 Å². The molecule has 1 fully saturated rings. The summed E-state index contributed by atoms with van der Waals surface area (Å²) < 4.78 is 0. The second kappa shape index (κ2) is 5.09. The SMILES string of the molecule is Cc1c(C(N)=O)nc2ccccc2c1N1CCNCC1. The Labute approximate surface area is 117 Å². The van der Waals surface area contributed by atoms with Crippen LogP contribution in [0.4, 0.5) is 5.69 Å². The number of fused-ring (bicyclic) bond motifs is 1. The van der Waals surface area contributed by atoms with E-state index >= 15 is 0 Å². The summed E-state index contributed by atoms with van der Waals surface area (Å²) in [4.78, 5) is 18.4. The van der Waals surface area contributed by atoms with Gasteiger partial charge in [-0.25, -0.2) is 4.98 Å². The van der Waals surface area contributed by atoms with Gasteiger partial charge in [-0.3, -0.25) is 4.79 Å². The van der Waals surface area contributed by atoms with Crippen molar-refractivity contribution in [1.29, 1.82) is 0 Å². The lowest BCUT2D eigenvalue weighted by molar-refractivity contribution is 0.0995. The fourth-order valence-corrected chi connectivity index (χ4v) is 2.83. The number of rotatable bonds is 2. The smallest absolute Gasteiger partial charge is 0.267 e. The molecule has 0 bridgehead atoms. The van der Waals surface area contributed by atoms with E-state index in [2.05, 4.69) is 21.3 Å². The molecule has 1 aliphatic heterocycles. The summed E-state index contributed by atoms with van der Waals surface area (Å²) in [7, 11) is 0. The van der Waals surface area contributed by atoms with Crippen LogP contribution in [0.1, 0.15) is 16.1 Å². The molecular formula is C15H18N4O. The molecule has 3 N–H and O–H groups in total. The minimum Gasteiger partial charge on any atom is -0.368 e. The van der Waals surface area contributed by atoms with Crippen molar-refractivity contribution in [3.05, 3.63) is 35.5 Å². The topological polar surface area (TPSA) is 71.2 Å². The van der Waals surface area contributed by atoms with Crippen molar-refractivity contribution in [2.45, 2.75) is 6.92 Å². The first-order chi connectivity index (χ1) is 9.68. The number of nitrogens with one attached hydrogen (secondary N) is 1. The lowest BCUT2D eigenvalue weighted by Gasteiger charge is -2.32. The third kappa shape index (κ3) is 2.10. The molecule has 1 aliphatic rings. The Morgan fingerprint density at radius 1 is 1.30 bits per heavy atom. The second-order valence-corrected chi connectivity index (χ2v) is 5.05. The van der Waals surface area contributed by atoms with Gasteiger partial charge < -0.3 is 16.0 Å². The zero-order valence-corrected chi connectivity index (χ0v) is 11.5. The third-order valence-electron chi connectivity index (χ3n) is 3.77. The number of pyridine rings is 1. The standard InChI is InChI=1S/C15H18N4O/c1-10-13(15(16)20)18-12-5-3-2-4-11(12)14(10)19-8-6-17-7-9-19/h2-5,17H,6-9H2,1H3,(H2,16,20). The van der Waals surface area contributed by atoms with Crippen LogP contribution in [0.3, 0.4) is 0 Å². The largest absolute Gasteiger partial charge is 0.368 e. The Morgan fingerprint density at radius 2 is 2.00 bits per heavy atom. The summed E-state index contributed by atoms with van der Waals surface area (Å²) in [6, 6.07) is 7.90. The number of primary amides is 1. The molecule has 0 saturated carbocycles. The molecule has 1 amide bonds. The molecule has 5 heteroatoms. The Bertz CT molecular complexity index is 662. The van der Waals surface area contributed by atoms with Crippen LogP contribution in [0, 0.1) is 6.92 Å². The highest BCUT2D eigenvalue weighted by molar-refractivity contribution is 6.01. The molecule has 20 heavy (non-hydrogen) atoms. The number of aromatic nitrogens is 1. The lowest BCUT2D eigenvalue weighted by Crippen LogP contribution is -2.44. The predicted molar refractivity (Wildman–Crippen MR) is 80.1 cm³/mol. The van der Waals surface area contributed by atoms with Gasteiger partial charge in [0.05, 0.1) is 11.2 Å². The van der Waals surface area contributed by atoms with E-state index in [4.69, 9.17) is 5.73 Å². The lowest BCUT2D eigenvalue weighted by atomic mass is 10.0. The summed E-state index contributed by atoms with van der Waals surface area (Å²) in [6.45, 7) is 5.67. The zero-order valence-electron chi connectivity index (χ0n) is 11.5. The summed E-state index contributed by atoms with van der Waals surface area (Å²) in [5.74, 6) is -0.468. The van der Waals surface area contributed by atoms with Crippen LogP contribution in [-0.4, -0.2) is 37.1 Å². The summed E-state index contributed by atoms with van der Waals surface area (Å²) >= 11 is 0. The highest BCUT2D eigenvalue weighted by atomic mass is 16.1. The van der Waals surface area contributed by atoms with Crippen molar-refractivity contribution in [3.8, 4) is 0 Å². The van der Waals surface area contributed by atoms with Crippen LogP contribution in [-0.2, 0) is 0 Å². The van der Waals surface area contributed by atoms with Crippen LogP contribution in [0.15, 0.2) is 24.3 Å². The van der Waals surface area contributed by atoms with Crippen LogP contribution in [0.2, 0.25) is 0 Å². The average Bonchev–Trinajstić information content (AvgIpc) is 2.47. The average molecular weight is 270 g/mol. The number of piperazine rings is 1. The number of benzene rings is 1. The van der Waals surface area contributed by atoms with Gasteiger partial charge in [-0.1, -0.05) is 18.2 Å². The molecule has 1 aromatic heterocycles. The molecule has 0 aliphatic carbocycles. The summed E-state index contributed by atoms with van der Waals surface area (Å²) in [5, 5.41) is 4.42. The van der Waals surface area contributed by atoms with Gasteiger partial charge in [0.25, 0.3) is 5.91 Å². The number of nitrogens with two attached hydrogens (primary N) is 1. The van der Waals surface area contributed by atoms with Crippen molar-refractivity contribution >= 4 is 22.5 Å². The van der Waals surface area contributed by atoms with Crippen LogP contribution >= 0.6 is 0 Å². The van der Waals surface area contributed by atoms with Gasteiger partial charge in [0.2, 0.25) is 0 Å². The van der Waals surface area contributed by atoms with Gasteiger partial charge in [0.15, 0.2) is 0 Å². The van der Waals surface area contributed by atoms with Crippen molar-refractivity contribution < 1.29 is 4.79 Å². The monoisotopic (exact) mass is 270 g/mol. The first-order valence-electron chi connectivity index (χ1n) is 6.83. The van der Waals surface area contributed by atoms with Crippen LogP contribution in [0.5, 0.6) is 0 Å². The Kier molecular flexibility index (Phi) is 3.28. The molecule has 0 unspecified atom stereocenters. The number of para-hydroxylation sites is 1. The van der Waals surface area contributed by atoms with E-state index in [1.54, 1.807) is 0 Å². The van der Waals surface area contributed by atoms with E-state index in [-0.39, 0.29) is 0 Å². The van der Waals surface area contributed by atoms with Crippen molar-refractivity contribution in [3.63, 3.8) is 0 Å². The maximum absolute atomic E-state index is 11.6. The number of carbonyl (C=O) groups is 1. The molecule has 0 atom stereocenters. The van der Waals surface area contributed by atoms with E-state index in [0.29, 0.717) is 5.69 Å². The molecule has 2 heterocycles. The first-order valence-corrected chi connectivity index (χ1v) is 6.83. The molecule has 0 radical (unpaired) electrons. The fraction of sp³-hybridized carbons (Fsp3) is 0.333. The minimum atomic E-state index is -0.468. The molecule has 1 aromatic carbocycles. The Balaban J connectivity index is 2.25. The molecule has 104 valence electrons. The van der Waals surface area contributed by atoms with E-state index in [9.17, 15) is 4.79 Å². The maximum atomic E-state index is 11.6. The number of hydrogen-bond acceptors (Lipinski definition) is 4. The number of carbonyl (C=O) groups excluding carboxylic acids is 1. The van der Waals surface area contributed by atoms with Gasteiger partial charge in [0, 0.05) is 37.1 Å². The predicted octanol–water partition coefficient (Wildman–Crippen LogP) is 1.05. The molecule has 0 spiro atoms. The molecule has 5 nitrogen and oxygen atoms in total. The Morgan fingerprint density at radius 3 is 2.70 bits per heavy atom. The Hall–Kier alpha value is -2.14. The fourth-order valence-electron chi connectivity index (χ4n) is 2.83. The minimum absolute atomic E-state index is 0.372. The van der Waals surface area contributed by atoms with E-state index < -0.39 is 5.91 Å². The number of hydrogen-bond donors (Lipinski definition) is 2. The maximum Gasteiger partial charge on any atom is 0.267 e. The highest BCUT2D eigenvalue weighted by Crippen LogP contribution is 2.31. The van der Waals surface area contributed by atoms with E-state index in [0.717, 1.165) is 48.3 Å². The normalized spacial score (nSPS) is 15.6. The van der Waals surface area contributed by atoms with E-state index in [1.807, 2.05) is 25.1 Å². The second-order valence-electron chi connectivity index (χ2n) is 5.05. The molecule has 3 rings (SSSR count).